The normalized spacial score (nSPS) is 13.9. The zero-order valence-electron chi connectivity index (χ0n) is 12.4. The third-order valence-electron chi connectivity index (χ3n) is 5.34. The van der Waals surface area contributed by atoms with Crippen molar-refractivity contribution in [3.05, 3.63) is 84.4 Å². The standard InChI is InChI=1S/C20H16B2/c1-2-8-15(9-3-1)14-20(21-16-10-4-5-11-17(16)21)22-18-12-6-7-13-19(18)22/h1-13,20H,14H2. The molecule has 0 N–H and O–H groups in total. The molecule has 0 nitrogen and oxygen atoms in total. The maximum atomic E-state index is 2.31. The lowest BCUT2D eigenvalue weighted by molar-refractivity contribution is 1.05. The van der Waals surface area contributed by atoms with E-state index in [0.717, 1.165) is 0 Å². The van der Waals surface area contributed by atoms with E-state index in [1.807, 2.05) is 0 Å². The molecule has 0 spiro atoms. The number of rotatable bonds is 4. The molecule has 0 unspecified atom stereocenters. The molecule has 2 heteroatoms. The van der Waals surface area contributed by atoms with Crippen molar-refractivity contribution < 1.29 is 0 Å². The monoisotopic (exact) mass is 278 g/mol. The van der Waals surface area contributed by atoms with Gasteiger partial charge in [-0.1, -0.05) is 106 Å². The maximum Gasteiger partial charge on any atom is 0.204 e. The predicted octanol–water partition coefficient (Wildman–Crippen LogP) is 1.38. The van der Waals surface area contributed by atoms with Crippen LogP contribution in [0.1, 0.15) is 5.56 Å². The highest BCUT2D eigenvalue weighted by Crippen LogP contribution is 2.29. The SMILES string of the molecule is c1ccc(CC(B2c3ccccc32)B2c3ccccc32)cc1. The van der Waals surface area contributed by atoms with Crippen LogP contribution in [0, 0.1) is 0 Å². The molecule has 0 fully saturated rings. The molecule has 5 rings (SSSR count). The summed E-state index contributed by atoms with van der Waals surface area (Å²) in [4.78, 5) is 0. The van der Waals surface area contributed by atoms with Crippen LogP contribution >= 0.6 is 0 Å². The first-order chi connectivity index (χ1) is 10.9. The van der Waals surface area contributed by atoms with E-state index < -0.39 is 0 Å². The Morgan fingerprint density at radius 1 is 0.545 bits per heavy atom. The summed E-state index contributed by atoms with van der Waals surface area (Å²) in [6.45, 7) is 1.32. The molecule has 22 heavy (non-hydrogen) atoms. The average Bonchev–Trinajstić information content (AvgIpc) is 3.47. The second-order valence-electron chi connectivity index (χ2n) is 6.57. The minimum Gasteiger partial charge on any atom is -0.0796 e. The Hall–Kier alpha value is -2.21. The molecule has 0 aliphatic carbocycles. The lowest BCUT2D eigenvalue weighted by Crippen LogP contribution is -2.30. The molecule has 0 bridgehead atoms. The van der Waals surface area contributed by atoms with Gasteiger partial charge in [-0.2, -0.15) is 0 Å². The largest absolute Gasteiger partial charge is 0.204 e. The van der Waals surface area contributed by atoms with E-state index in [0.29, 0.717) is 19.1 Å². The molecule has 0 saturated heterocycles. The van der Waals surface area contributed by atoms with Crippen LogP contribution in [0.15, 0.2) is 78.9 Å². The van der Waals surface area contributed by atoms with Crippen molar-refractivity contribution in [2.75, 3.05) is 0 Å². The smallest absolute Gasteiger partial charge is 0.0796 e. The molecule has 2 aliphatic heterocycles. The van der Waals surface area contributed by atoms with Gasteiger partial charge in [0, 0.05) is 0 Å². The van der Waals surface area contributed by atoms with Gasteiger partial charge in [-0.05, 0) is 12.0 Å². The molecular formula is C20H16B2. The van der Waals surface area contributed by atoms with Gasteiger partial charge in [0.1, 0.15) is 0 Å². The molecular weight excluding hydrogens is 262 g/mol. The van der Waals surface area contributed by atoms with E-state index in [9.17, 15) is 0 Å². The number of fused-ring (bicyclic) bond motifs is 2. The van der Waals surface area contributed by atoms with Crippen LogP contribution in [0.25, 0.3) is 0 Å². The van der Waals surface area contributed by atoms with Crippen molar-refractivity contribution in [3.8, 4) is 0 Å². The molecule has 0 amide bonds. The van der Waals surface area contributed by atoms with Gasteiger partial charge in [0.2, 0.25) is 13.4 Å². The molecule has 2 aliphatic rings. The molecule has 102 valence electrons. The van der Waals surface area contributed by atoms with Crippen LogP contribution in [0.3, 0.4) is 0 Å². The minimum atomic E-state index is 0.660. The Morgan fingerprint density at radius 2 is 0.955 bits per heavy atom. The van der Waals surface area contributed by atoms with Gasteiger partial charge in [0.05, 0.1) is 0 Å². The lowest BCUT2D eigenvalue weighted by Gasteiger charge is -2.13. The fourth-order valence-electron chi connectivity index (χ4n) is 4.22. The summed E-state index contributed by atoms with van der Waals surface area (Å²) in [6.07, 6.45) is 1.17. The highest BCUT2D eigenvalue weighted by molar-refractivity contribution is 7.17. The van der Waals surface area contributed by atoms with E-state index in [1.54, 1.807) is 21.9 Å². The van der Waals surface area contributed by atoms with Gasteiger partial charge in [0.25, 0.3) is 0 Å². The van der Waals surface area contributed by atoms with Gasteiger partial charge in [0.15, 0.2) is 0 Å². The highest BCUT2D eigenvalue weighted by Gasteiger charge is 2.52. The summed E-state index contributed by atoms with van der Waals surface area (Å²) in [5.74, 6) is 0. The van der Waals surface area contributed by atoms with E-state index in [4.69, 9.17) is 0 Å². The highest BCUT2D eigenvalue weighted by atomic mass is 14.2. The summed E-state index contributed by atoms with van der Waals surface area (Å²) in [6, 6.07) is 28.9. The molecule has 0 aromatic heterocycles. The number of hydrogen-bond donors (Lipinski definition) is 0. The summed E-state index contributed by atoms with van der Waals surface area (Å²) < 4.78 is 0. The van der Waals surface area contributed by atoms with Crippen molar-refractivity contribution >= 4 is 35.3 Å². The van der Waals surface area contributed by atoms with Crippen LogP contribution in [-0.2, 0) is 6.42 Å². The zero-order chi connectivity index (χ0) is 14.5. The molecule has 0 saturated carbocycles. The van der Waals surface area contributed by atoms with E-state index in [1.165, 1.54) is 12.0 Å². The summed E-state index contributed by atoms with van der Waals surface area (Å²) >= 11 is 0. The van der Waals surface area contributed by atoms with Crippen molar-refractivity contribution in [1.82, 2.24) is 0 Å². The average molecular weight is 278 g/mol. The Kier molecular flexibility index (Phi) is 2.61. The quantitative estimate of drug-likeness (QED) is 0.632. The van der Waals surface area contributed by atoms with Gasteiger partial charge < -0.3 is 0 Å². The van der Waals surface area contributed by atoms with Gasteiger partial charge in [-0.15, -0.1) is 0 Å². The second-order valence-corrected chi connectivity index (χ2v) is 6.57. The Morgan fingerprint density at radius 3 is 1.41 bits per heavy atom. The van der Waals surface area contributed by atoms with Gasteiger partial charge in [-0.3, -0.25) is 0 Å². The van der Waals surface area contributed by atoms with E-state index in [2.05, 4.69) is 78.9 Å². The maximum absolute atomic E-state index is 2.31. The minimum absolute atomic E-state index is 0.660. The van der Waals surface area contributed by atoms with Crippen molar-refractivity contribution in [1.29, 1.82) is 0 Å². The van der Waals surface area contributed by atoms with Crippen LogP contribution in [0.2, 0.25) is 5.72 Å². The third-order valence-corrected chi connectivity index (χ3v) is 5.34. The molecule has 3 aromatic carbocycles. The lowest BCUT2D eigenvalue weighted by atomic mass is 9.31. The Bertz CT molecular complexity index is 744. The molecule has 0 atom stereocenters. The van der Waals surface area contributed by atoms with Crippen LogP contribution in [0.5, 0.6) is 0 Å². The first-order valence-corrected chi connectivity index (χ1v) is 8.15. The van der Waals surface area contributed by atoms with Crippen molar-refractivity contribution in [2.45, 2.75) is 12.1 Å². The van der Waals surface area contributed by atoms with Crippen LogP contribution in [-0.4, -0.2) is 13.4 Å². The molecule has 2 heterocycles. The van der Waals surface area contributed by atoms with Crippen molar-refractivity contribution in [3.63, 3.8) is 0 Å². The van der Waals surface area contributed by atoms with Gasteiger partial charge in [-0.25, -0.2) is 0 Å². The van der Waals surface area contributed by atoms with Gasteiger partial charge >= 0.3 is 0 Å². The third kappa shape index (κ3) is 1.87. The Balaban J connectivity index is 1.48. The summed E-state index contributed by atoms with van der Waals surface area (Å²) in [5.41, 5.74) is 8.42. The molecule has 0 radical (unpaired) electrons. The van der Waals surface area contributed by atoms with E-state index >= 15 is 0 Å². The zero-order valence-corrected chi connectivity index (χ0v) is 12.4. The second kappa shape index (κ2) is 4.64. The summed E-state index contributed by atoms with van der Waals surface area (Å²) in [5, 5.41) is 0. The van der Waals surface area contributed by atoms with Crippen LogP contribution < -0.4 is 21.9 Å². The number of hydrogen-bond acceptors (Lipinski definition) is 0. The Labute approximate surface area is 132 Å². The van der Waals surface area contributed by atoms with E-state index in [-0.39, 0.29) is 0 Å². The van der Waals surface area contributed by atoms with Crippen molar-refractivity contribution in [2.24, 2.45) is 0 Å². The fraction of sp³-hybridized carbons (Fsp3) is 0.100. The first-order valence-electron chi connectivity index (χ1n) is 8.15. The van der Waals surface area contributed by atoms with Crippen LogP contribution in [0.4, 0.5) is 0 Å². The number of benzene rings is 3. The fourth-order valence-corrected chi connectivity index (χ4v) is 4.22. The summed E-state index contributed by atoms with van der Waals surface area (Å²) in [7, 11) is 0. The predicted molar refractivity (Wildman–Crippen MR) is 96.8 cm³/mol. The topological polar surface area (TPSA) is 0 Å². The first kappa shape index (κ1) is 12.3. The molecule has 3 aromatic rings.